The van der Waals surface area contributed by atoms with Crippen LogP contribution in [0.5, 0.6) is 0 Å². The van der Waals surface area contributed by atoms with Gasteiger partial charge >= 0.3 is 6.03 Å². The van der Waals surface area contributed by atoms with Gasteiger partial charge in [-0.2, -0.15) is 0 Å². The molecular formula is C19H27N3O3. The van der Waals surface area contributed by atoms with Gasteiger partial charge in [-0.15, -0.1) is 0 Å². The first kappa shape index (κ1) is 19.0. The van der Waals surface area contributed by atoms with E-state index in [-0.39, 0.29) is 23.8 Å². The number of unbranched alkanes of at least 4 members (excludes halogenated alkanes) is 1. The Morgan fingerprint density at radius 2 is 2.00 bits per heavy atom. The molecule has 25 heavy (non-hydrogen) atoms. The number of hydrogen-bond donors (Lipinski definition) is 2. The second-order valence-electron chi connectivity index (χ2n) is 6.29. The van der Waals surface area contributed by atoms with Gasteiger partial charge in [0.25, 0.3) is 0 Å². The molecule has 1 aliphatic rings. The summed E-state index contributed by atoms with van der Waals surface area (Å²) in [6.07, 6.45) is 3.64. The van der Waals surface area contributed by atoms with Crippen LogP contribution in [0.25, 0.3) is 0 Å². The Bertz CT molecular complexity index is 657. The summed E-state index contributed by atoms with van der Waals surface area (Å²) in [5.41, 5.74) is 2.73. The predicted molar refractivity (Wildman–Crippen MR) is 97.5 cm³/mol. The van der Waals surface area contributed by atoms with Gasteiger partial charge in [-0.3, -0.25) is 14.5 Å². The maximum absolute atomic E-state index is 12.9. The lowest BCUT2D eigenvalue weighted by Crippen LogP contribution is -2.39. The topological polar surface area (TPSA) is 78.5 Å². The van der Waals surface area contributed by atoms with Gasteiger partial charge in [0.2, 0.25) is 11.8 Å². The number of rotatable bonds is 6. The molecule has 136 valence electrons. The summed E-state index contributed by atoms with van der Waals surface area (Å²) >= 11 is 0. The fourth-order valence-electron chi connectivity index (χ4n) is 3.25. The maximum Gasteiger partial charge on any atom is 0.318 e. The summed E-state index contributed by atoms with van der Waals surface area (Å²) in [6, 6.07) is 5.33. The molecule has 6 nitrogen and oxygen atoms in total. The summed E-state index contributed by atoms with van der Waals surface area (Å²) in [6.45, 7) is 4.28. The van der Waals surface area contributed by atoms with Crippen molar-refractivity contribution in [1.29, 1.82) is 0 Å². The molecule has 2 N–H and O–H groups in total. The van der Waals surface area contributed by atoms with Crippen LogP contribution in [-0.2, 0) is 16.0 Å². The number of urea groups is 1. The Hall–Kier alpha value is -2.37. The SMILES string of the molecule is CCCCC(=O)N(CC)C(=O)C1CCc2cc(NC(=O)NC)ccc21. The number of likely N-dealkylation sites (N-methyl/N-ethyl adjacent to an activating group) is 1. The predicted octanol–water partition coefficient (Wildman–Crippen LogP) is 3.03. The molecule has 1 aromatic carbocycles. The highest BCUT2D eigenvalue weighted by atomic mass is 16.2. The lowest BCUT2D eigenvalue weighted by Gasteiger charge is -2.23. The van der Waals surface area contributed by atoms with Crippen LogP contribution in [0.4, 0.5) is 10.5 Å². The molecule has 0 saturated carbocycles. The molecule has 4 amide bonds. The number of fused-ring (bicyclic) bond motifs is 1. The second kappa shape index (κ2) is 8.65. The van der Waals surface area contributed by atoms with Crippen LogP contribution in [0.2, 0.25) is 0 Å². The van der Waals surface area contributed by atoms with Crippen molar-refractivity contribution < 1.29 is 14.4 Å². The van der Waals surface area contributed by atoms with Gasteiger partial charge in [-0.25, -0.2) is 4.79 Å². The Balaban J connectivity index is 2.14. The van der Waals surface area contributed by atoms with Gasteiger partial charge < -0.3 is 10.6 Å². The van der Waals surface area contributed by atoms with Crippen molar-refractivity contribution in [3.63, 3.8) is 0 Å². The van der Waals surface area contributed by atoms with Crippen molar-refractivity contribution >= 4 is 23.5 Å². The average Bonchev–Trinajstić information content (AvgIpc) is 3.03. The molecule has 2 rings (SSSR count). The smallest absolute Gasteiger partial charge is 0.318 e. The number of aryl methyl sites for hydroxylation is 1. The van der Waals surface area contributed by atoms with Gasteiger partial charge in [0, 0.05) is 25.7 Å². The van der Waals surface area contributed by atoms with Crippen LogP contribution in [-0.4, -0.2) is 36.3 Å². The van der Waals surface area contributed by atoms with E-state index in [9.17, 15) is 14.4 Å². The van der Waals surface area contributed by atoms with Crippen molar-refractivity contribution in [2.24, 2.45) is 0 Å². The molecule has 1 aliphatic carbocycles. The molecule has 1 unspecified atom stereocenters. The molecule has 0 aromatic heterocycles. The van der Waals surface area contributed by atoms with Crippen molar-refractivity contribution in [3.8, 4) is 0 Å². The second-order valence-corrected chi connectivity index (χ2v) is 6.29. The third-order valence-corrected chi connectivity index (χ3v) is 4.63. The van der Waals surface area contributed by atoms with E-state index in [0.29, 0.717) is 25.1 Å². The van der Waals surface area contributed by atoms with Crippen LogP contribution in [0.3, 0.4) is 0 Å². The largest absolute Gasteiger partial charge is 0.341 e. The van der Waals surface area contributed by atoms with Crippen LogP contribution in [0.15, 0.2) is 18.2 Å². The summed E-state index contributed by atoms with van der Waals surface area (Å²) in [7, 11) is 1.56. The van der Waals surface area contributed by atoms with Gasteiger partial charge in [-0.05, 0) is 49.4 Å². The molecule has 1 atom stereocenters. The van der Waals surface area contributed by atoms with E-state index in [1.54, 1.807) is 13.1 Å². The van der Waals surface area contributed by atoms with E-state index in [1.165, 1.54) is 4.90 Å². The number of anilines is 1. The minimum atomic E-state index is -0.274. The van der Waals surface area contributed by atoms with Gasteiger partial charge in [0.15, 0.2) is 0 Å². The minimum absolute atomic E-state index is 0.0827. The monoisotopic (exact) mass is 345 g/mol. The lowest BCUT2D eigenvalue weighted by atomic mass is 9.99. The molecule has 0 heterocycles. The van der Waals surface area contributed by atoms with E-state index < -0.39 is 0 Å². The van der Waals surface area contributed by atoms with Crippen LogP contribution >= 0.6 is 0 Å². The molecule has 0 saturated heterocycles. The van der Waals surface area contributed by atoms with Crippen LogP contribution in [0.1, 0.15) is 56.6 Å². The Morgan fingerprint density at radius 3 is 2.64 bits per heavy atom. The molecule has 0 fully saturated rings. The normalized spacial score (nSPS) is 15.4. The van der Waals surface area contributed by atoms with Gasteiger partial charge in [0.05, 0.1) is 5.92 Å². The molecule has 6 heteroatoms. The van der Waals surface area contributed by atoms with E-state index in [0.717, 1.165) is 30.4 Å². The molecule has 0 spiro atoms. The summed E-state index contributed by atoms with van der Waals surface area (Å²) < 4.78 is 0. The third-order valence-electron chi connectivity index (χ3n) is 4.63. The van der Waals surface area contributed by atoms with E-state index in [2.05, 4.69) is 10.6 Å². The number of carbonyl (C=O) groups is 3. The first-order valence-corrected chi connectivity index (χ1v) is 8.97. The highest BCUT2D eigenvalue weighted by Gasteiger charge is 2.33. The van der Waals surface area contributed by atoms with Crippen molar-refractivity contribution in [2.45, 2.75) is 51.9 Å². The molecule has 0 radical (unpaired) electrons. The zero-order valence-electron chi connectivity index (χ0n) is 15.2. The summed E-state index contributed by atoms with van der Waals surface area (Å²) in [5.74, 6) is -0.454. The first-order valence-electron chi connectivity index (χ1n) is 8.97. The molecule has 0 bridgehead atoms. The van der Waals surface area contributed by atoms with Gasteiger partial charge in [0.1, 0.15) is 0 Å². The third kappa shape index (κ3) is 4.38. The zero-order chi connectivity index (χ0) is 18.4. The first-order chi connectivity index (χ1) is 12.0. The van der Waals surface area contributed by atoms with E-state index in [4.69, 9.17) is 0 Å². The van der Waals surface area contributed by atoms with E-state index in [1.807, 2.05) is 26.0 Å². The number of nitrogens with one attached hydrogen (secondary N) is 2. The lowest BCUT2D eigenvalue weighted by molar-refractivity contribution is -0.145. The number of nitrogens with zero attached hydrogens (tertiary/aromatic N) is 1. The van der Waals surface area contributed by atoms with Crippen molar-refractivity contribution in [2.75, 3.05) is 18.9 Å². The Labute approximate surface area is 149 Å². The van der Waals surface area contributed by atoms with Crippen molar-refractivity contribution in [1.82, 2.24) is 10.2 Å². The number of carbonyl (C=O) groups excluding carboxylic acids is 3. The molecule has 1 aromatic rings. The molecule has 0 aliphatic heterocycles. The standard InChI is InChI=1S/C19H27N3O3/c1-4-6-7-17(23)22(5-2)18(24)16-10-8-13-12-14(9-11-15(13)16)21-19(25)20-3/h9,11-12,16H,4-8,10H2,1-3H3,(H2,20,21,25). The Kier molecular flexibility index (Phi) is 6.56. The highest BCUT2D eigenvalue weighted by Crippen LogP contribution is 2.36. The number of hydrogen-bond acceptors (Lipinski definition) is 3. The Morgan fingerprint density at radius 1 is 1.24 bits per heavy atom. The number of imide groups is 1. The summed E-state index contributed by atoms with van der Waals surface area (Å²) in [4.78, 5) is 38.0. The number of benzene rings is 1. The quantitative estimate of drug-likeness (QED) is 0.832. The van der Waals surface area contributed by atoms with Gasteiger partial charge in [-0.1, -0.05) is 19.4 Å². The molecular weight excluding hydrogens is 318 g/mol. The highest BCUT2D eigenvalue weighted by molar-refractivity contribution is 5.99. The van der Waals surface area contributed by atoms with Crippen LogP contribution < -0.4 is 10.6 Å². The fraction of sp³-hybridized carbons (Fsp3) is 0.526. The van der Waals surface area contributed by atoms with Crippen molar-refractivity contribution in [3.05, 3.63) is 29.3 Å². The fourth-order valence-corrected chi connectivity index (χ4v) is 3.25. The maximum atomic E-state index is 12.9. The summed E-state index contributed by atoms with van der Waals surface area (Å²) in [5, 5.41) is 5.25. The zero-order valence-corrected chi connectivity index (χ0v) is 15.2. The average molecular weight is 345 g/mol. The van der Waals surface area contributed by atoms with Crippen LogP contribution in [0, 0.1) is 0 Å². The van der Waals surface area contributed by atoms with E-state index >= 15 is 0 Å². The number of amides is 4. The minimum Gasteiger partial charge on any atom is -0.341 e.